The summed E-state index contributed by atoms with van der Waals surface area (Å²) >= 11 is 13.5. The van der Waals surface area contributed by atoms with E-state index < -0.39 is 11.9 Å². The molecule has 2 N–H and O–H groups in total. The SMILES string of the molecule is COCCNC(=O)NC(=O)CSc1nnc(-c2ccc(Cl)cc2Cl)n1-c1ccccc1. The maximum absolute atomic E-state index is 12.2. The average molecular weight is 480 g/mol. The largest absolute Gasteiger partial charge is 0.383 e. The second kappa shape index (κ2) is 11.1. The van der Waals surface area contributed by atoms with Crippen LogP contribution in [0, 0.1) is 0 Å². The topological polar surface area (TPSA) is 98.1 Å². The van der Waals surface area contributed by atoms with E-state index in [1.807, 2.05) is 30.3 Å². The van der Waals surface area contributed by atoms with Crippen LogP contribution in [-0.2, 0) is 9.53 Å². The lowest BCUT2D eigenvalue weighted by atomic mass is 10.2. The number of aromatic nitrogens is 3. The first-order chi connectivity index (χ1) is 15.0. The van der Waals surface area contributed by atoms with Crippen molar-refractivity contribution in [1.82, 2.24) is 25.4 Å². The number of imide groups is 1. The standard InChI is InChI=1S/C20H19Cl2N5O3S/c1-30-10-9-23-19(29)24-17(28)12-31-20-26-25-18(15-8-7-13(21)11-16(15)22)27(20)14-5-3-2-4-6-14/h2-8,11H,9-10,12H2,1H3,(H2,23,24,28,29). The quantitative estimate of drug-likeness (QED) is 0.376. The zero-order valence-electron chi connectivity index (χ0n) is 16.5. The van der Waals surface area contributed by atoms with Gasteiger partial charge in [0.15, 0.2) is 11.0 Å². The number of hydrogen-bond donors (Lipinski definition) is 2. The number of carbonyl (C=O) groups excluding carboxylic acids is 2. The molecule has 0 spiro atoms. The minimum Gasteiger partial charge on any atom is -0.383 e. The minimum absolute atomic E-state index is 0.0307. The van der Waals surface area contributed by atoms with Gasteiger partial charge in [-0.05, 0) is 30.3 Å². The Hall–Kier alpha value is -2.59. The number of thioether (sulfide) groups is 1. The summed E-state index contributed by atoms with van der Waals surface area (Å²) < 4.78 is 6.64. The molecule has 162 valence electrons. The number of amides is 3. The first-order valence-electron chi connectivity index (χ1n) is 9.15. The van der Waals surface area contributed by atoms with Crippen molar-refractivity contribution in [3.05, 3.63) is 58.6 Å². The van der Waals surface area contributed by atoms with Gasteiger partial charge in [-0.25, -0.2) is 4.79 Å². The van der Waals surface area contributed by atoms with Crippen molar-refractivity contribution in [3.8, 4) is 17.1 Å². The average Bonchev–Trinajstić information content (AvgIpc) is 3.16. The molecule has 0 unspecified atom stereocenters. The third-order valence-electron chi connectivity index (χ3n) is 4.00. The maximum atomic E-state index is 12.2. The van der Waals surface area contributed by atoms with Gasteiger partial charge in [-0.2, -0.15) is 0 Å². The Labute approximate surface area is 193 Å². The Morgan fingerprint density at radius 3 is 2.61 bits per heavy atom. The van der Waals surface area contributed by atoms with Gasteiger partial charge >= 0.3 is 6.03 Å². The van der Waals surface area contributed by atoms with Crippen molar-refractivity contribution in [2.75, 3.05) is 26.0 Å². The molecular weight excluding hydrogens is 461 g/mol. The number of benzene rings is 2. The zero-order chi connectivity index (χ0) is 22.2. The third kappa shape index (κ3) is 6.20. The summed E-state index contributed by atoms with van der Waals surface area (Å²) in [4.78, 5) is 23.9. The molecule has 1 heterocycles. The molecule has 3 amide bonds. The number of carbonyl (C=O) groups is 2. The molecule has 11 heteroatoms. The molecule has 0 bridgehead atoms. The first-order valence-corrected chi connectivity index (χ1v) is 10.9. The molecule has 0 saturated heterocycles. The number of nitrogens with one attached hydrogen (secondary N) is 2. The highest BCUT2D eigenvalue weighted by Crippen LogP contribution is 2.33. The maximum Gasteiger partial charge on any atom is 0.321 e. The van der Waals surface area contributed by atoms with Crippen LogP contribution in [0.2, 0.25) is 10.0 Å². The van der Waals surface area contributed by atoms with Gasteiger partial charge in [0.25, 0.3) is 0 Å². The van der Waals surface area contributed by atoms with Gasteiger partial charge in [-0.15, -0.1) is 10.2 Å². The van der Waals surface area contributed by atoms with E-state index in [1.165, 1.54) is 7.11 Å². The highest BCUT2D eigenvalue weighted by Gasteiger charge is 2.19. The Bertz CT molecular complexity index is 1060. The number of methoxy groups -OCH3 is 1. The van der Waals surface area contributed by atoms with Gasteiger partial charge in [-0.1, -0.05) is 53.2 Å². The molecule has 0 aliphatic heterocycles. The fourth-order valence-electron chi connectivity index (χ4n) is 2.62. The number of rotatable bonds is 8. The third-order valence-corrected chi connectivity index (χ3v) is 5.47. The molecule has 0 saturated carbocycles. The molecule has 0 radical (unpaired) electrons. The molecule has 0 fully saturated rings. The van der Waals surface area contributed by atoms with Gasteiger partial charge in [0, 0.05) is 29.9 Å². The van der Waals surface area contributed by atoms with E-state index >= 15 is 0 Å². The number of para-hydroxylation sites is 1. The van der Waals surface area contributed by atoms with Crippen molar-refractivity contribution < 1.29 is 14.3 Å². The zero-order valence-corrected chi connectivity index (χ0v) is 18.8. The van der Waals surface area contributed by atoms with E-state index in [0.29, 0.717) is 39.7 Å². The minimum atomic E-state index is -0.583. The Morgan fingerprint density at radius 2 is 1.90 bits per heavy atom. The molecular formula is C20H19Cl2N5O3S. The van der Waals surface area contributed by atoms with Crippen LogP contribution in [-0.4, -0.2) is 52.7 Å². The Morgan fingerprint density at radius 1 is 1.13 bits per heavy atom. The number of ether oxygens (including phenoxy) is 1. The van der Waals surface area contributed by atoms with Crippen LogP contribution < -0.4 is 10.6 Å². The molecule has 8 nitrogen and oxygen atoms in total. The van der Waals surface area contributed by atoms with E-state index in [0.717, 1.165) is 17.4 Å². The smallest absolute Gasteiger partial charge is 0.321 e. The summed E-state index contributed by atoms with van der Waals surface area (Å²) in [7, 11) is 1.52. The number of urea groups is 1. The van der Waals surface area contributed by atoms with E-state index in [-0.39, 0.29) is 5.75 Å². The second-order valence-electron chi connectivity index (χ2n) is 6.19. The van der Waals surface area contributed by atoms with Crippen LogP contribution in [0.25, 0.3) is 17.1 Å². The number of nitrogens with zero attached hydrogens (tertiary/aromatic N) is 3. The van der Waals surface area contributed by atoms with Crippen LogP contribution >= 0.6 is 35.0 Å². The van der Waals surface area contributed by atoms with Gasteiger partial charge in [-0.3, -0.25) is 14.7 Å². The Balaban J connectivity index is 1.80. The summed E-state index contributed by atoms with van der Waals surface area (Å²) in [6, 6.07) is 14.0. The van der Waals surface area contributed by atoms with Crippen molar-refractivity contribution in [2.45, 2.75) is 5.16 Å². The number of hydrogen-bond acceptors (Lipinski definition) is 6. The highest BCUT2D eigenvalue weighted by molar-refractivity contribution is 7.99. The van der Waals surface area contributed by atoms with E-state index in [9.17, 15) is 9.59 Å². The first kappa shape index (κ1) is 23.1. The summed E-state index contributed by atoms with van der Waals surface area (Å²) in [5.74, 6) is 0.0125. The summed E-state index contributed by atoms with van der Waals surface area (Å²) in [6.07, 6.45) is 0. The van der Waals surface area contributed by atoms with Crippen LogP contribution in [0.3, 0.4) is 0 Å². The molecule has 31 heavy (non-hydrogen) atoms. The van der Waals surface area contributed by atoms with Crippen molar-refractivity contribution in [3.63, 3.8) is 0 Å². The lowest BCUT2D eigenvalue weighted by Gasteiger charge is -2.11. The molecule has 2 aromatic carbocycles. The monoisotopic (exact) mass is 479 g/mol. The van der Waals surface area contributed by atoms with Gasteiger partial charge in [0.2, 0.25) is 5.91 Å². The number of halogens is 2. The van der Waals surface area contributed by atoms with E-state index in [2.05, 4.69) is 20.8 Å². The van der Waals surface area contributed by atoms with E-state index in [1.54, 1.807) is 22.8 Å². The predicted molar refractivity (Wildman–Crippen MR) is 121 cm³/mol. The molecule has 0 atom stereocenters. The lowest BCUT2D eigenvalue weighted by Crippen LogP contribution is -2.41. The molecule has 3 rings (SSSR count). The second-order valence-corrected chi connectivity index (χ2v) is 7.97. The van der Waals surface area contributed by atoms with Crippen molar-refractivity contribution in [1.29, 1.82) is 0 Å². The van der Waals surface area contributed by atoms with Crippen molar-refractivity contribution in [2.24, 2.45) is 0 Å². The van der Waals surface area contributed by atoms with Crippen LogP contribution in [0.1, 0.15) is 0 Å². The predicted octanol–water partition coefficient (Wildman–Crippen LogP) is 3.81. The summed E-state index contributed by atoms with van der Waals surface area (Å²) in [5, 5.41) is 14.7. The lowest BCUT2D eigenvalue weighted by molar-refractivity contribution is -0.117. The van der Waals surface area contributed by atoms with Gasteiger partial charge in [0.05, 0.1) is 17.4 Å². The normalized spacial score (nSPS) is 10.7. The summed E-state index contributed by atoms with van der Waals surface area (Å²) in [5.41, 5.74) is 1.45. The molecule has 3 aromatic rings. The fraction of sp³-hybridized carbons (Fsp3) is 0.200. The van der Waals surface area contributed by atoms with Crippen LogP contribution in [0.4, 0.5) is 4.79 Å². The Kier molecular flexibility index (Phi) is 8.30. The van der Waals surface area contributed by atoms with Crippen molar-refractivity contribution >= 4 is 46.9 Å². The molecule has 0 aliphatic rings. The molecule has 1 aromatic heterocycles. The molecule has 0 aliphatic carbocycles. The van der Waals surface area contributed by atoms with Gasteiger partial charge < -0.3 is 10.1 Å². The van der Waals surface area contributed by atoms with E-state index in [4.69, 9.17) is 27.9 Å². The van der Waals surface area contributed by atoms with Gasteiger partial charge in [0.1, 0.15) is 0 Å². The van der Waals surface area contributed by atoms with Crippen LogP contribution in [0.5, 0.6) is 0 Å². The highest BCUT2D eigenvalue weighted by atomic mass is 35.5. The van der Waals surface area contributed by atoms with Crippen LogP contribution in [0.15, 0.2) is 53.7 Å². The fourth-order valence-corrected chi connectivity index (χ4v) is 3.87. The summed E-state index contributed by atoms with van der Waals surface area (Å²) in [6.45, 7) is 0.656.